The summed E-state index contributed by atoms with van der Waals surface area (Å²) in [7, 11) is 1.89. The summed E-state index contributed by atoms with van der Waals surface area (Å²) in [4.78, 5) is 18.1. The van der Waals surface area contributed by atoms with Crippen molar-refractivity contribution in [3.8, 4) is 0 Å². The van der Waals surface area contributed by atoms with Crippen LogP contribution in [0.4, 0.5) is 4.79 Å². The van der Waals surface area contributed by atoms with E-state index >= 15 is 0 Å². The first kappa shape index (κ1) is 17.6. The fraction of sp³-hybridized carbons (Fsp3) is 0.529. The van der Waals surface area contributed by atoms with Gasteiger partial charge in [-0.3, -0.25) is 10.3 Å². The Labute approximate surface area is 142 Å². The normalized spacial score (nSPS) is 17.1. The molecule has 0 aliphatic carbocycles. The van der Waals surface area contributed by atoms with Crippen molar-refractivity contribution in [1.29, 1.82) is 0 Å². The monoisotopic (exact) mass is 337 g/mol. The topological polar surface area (TPSA) is 53.9 Å². The van der Waals surface area contributed by atoms with E-state index in [0.29, 0.717) is 24.1 Å². The number of halogens is 1. The van der Waals surface area contributed by atoms with Crippen LogP contribution in [0.15, 0.2) is 29.3 Å². The molecule has 0 saturated carbocycles. The number of carbonyl (C=O) groups is 1. The zero-order chi connectivity index (χ0) is 16.7. The first-order chi connectivity index (χ1) is 11.1. The third-order valence-electron chi connectivity index (χ3n) is 3.92. The van der Waals surface area contributed by atoms with Crippen LogP contribution in [0.2, 0.25) is 5.02 Å². The number of unbranched alkanes of at least 4 members (excludes halogenated alkanes) is 3. The highest BCUT2D eigenvalue weighted by atomic mass is 35.5. The molecule has 23 heavy (non-hydrogen) atoms. The Bertz CT molecular complexity index is 563. The molecule has 1 aliphatic heterocycles. The van der Waals surface area contributed by atoms with Crippen molar-refractivity contribution in [3.05, 3.63) is 34.9 Å². The summed E-state index contributed by atoms with van der Waals surface area (Å²) >= 11 is 6.24. The van der Waals surface area contributed by atoms with Crippen LogP contribution in [-0.2, 0) is 4.74 Å². The fourth-order valence-electron chi connectivity index (χ4n) is 2.56. The second-order valence-corrected chi connectivity index (χ2v) is 6.04. The molecule has 1 aromatic rings. The highest BCUT2D eigenvalue weighted by molar-refractivity contribution is 6.31. The molecular formula is C17H24ClN3O2. The molecule has 1 unspecified atom stereocenters. The van der Waals surface area contributed by atoms with Gasteiger partial charge in [-0.1, -0.05) is 56.0 Å². The molecule has 1 heterocycles. The molecule has 1 aromatic carbocycles. The number of benzene rings is 1. The summed E-state index contributed by atoms with van der Waals surface area (Å²) in [6.45, 7) is 3.15. The van der Waals surface area contributed by atoms with Crippen LogP contribution < -0.4 is 5.32 Å². The average Bonchev–Trinajstić information content (AvgIpc) is 2.89. The van der Waals surface area contributed by atoms with Crippen molar-refractivity contribution >= 4 is 23.7 Å². The van der Waals surface area contributed by atoms with E-state index in [2.05, 4.69) is 17.2 Å². The molecule has 1 aliphatic rings. The first-order valence-corrected chi connectivity index (χ1v) is 8.46. The maximum absolute atomic E-state index is 11.8. The zero-order valence-electron chi connectivity index (χ0n) is 13.7. The van der Waals surface area contributed by atoms with E-state index in [1.165, 1.54) is 6.42 Å². The molecular weight excluding hydrogens is 314 g/mol. The third-order valence-corrected chi connectivity index (χ3v) is 4.27. The van der Waals surface area contributed by atoms with Crippen molar-refractivity contribution in [2.45, 2.75) is 38.6 Å². The number of aliphatic imine (C=N–C) groups is 1. The van der Waals surface area contributed by atoms with Crippen molar-refractivity contribution in [2.75, 3.05) is 20.2 Å². The molecule has 1 atom stereocenters. The van der Waals surface area contributed by atoms with Gasteiger partial charge in [0.2, 0.25) is 5.96 Å². The van der Waals surface area contributed by atoms with Crippen LogP contribution >= 0.6 is 11.6 Å². The largest absolute Gasteiger partial charge is 0.449 e. The molecule has 0 bridgehead atoms. The van der Waals surface area contributed by atoms with E-state index in [0.717, 1.165) is 24.8 Å². The quantitative estimate of drug-likeness (QED) is 0.798. The number of amides is 1. The highest BCUT2D eigenvalue weighted by Crippen LogP contribution is 2.29. The van der Waals surface area contributed by atoms with Crippen molar-refractivity contribution in [1.82, 2.24) is 10.2 Å². The van der Waals surface area contributed by atoms with E-state index < -0.39 is 6.09 Å². The Morgan fingerprint density at radius 3 is 2.91 bits per heavy atom. The summed E-state index contributed by atoms with van der Waals surface area (Å²) in [6, 6.07) is 7.72. The Morgan fingerprint density at radius 1 is 1.39 bits per heavy atom. The minimum Gasteiger partial charge on any atom is -0.449 e. The van der Waals surface area contributed by atoms with Crippen molar-refractivity contribution in [3.63, 3.8) is 0 Å². The Hall–Kier alpha value is -1.75. The average molecular weight is 338 g/mol. The Balaban J connectivity index is 1.81. The van der Waals surface area contributed by atoms with E-state index in [-0.39, 0.29) is 6.04 Å². The lowest BCUT2D eigenvalue weighted by Gasteiger charge is -2.24. The molecule has 0 spiro atoms. The van der Waals surface area contributed by atoms with Crippen LogP contribution in [0.5, 0.6) is 0 Å². The van der Waals surface area contributed by atoms with E-state index in [9.17, 15) is 4.79 Å². The fourth-order valence-corrected chi connectivity index (χ4v) is 2.82. The number of nitrogens with one attached hydrogen (secondary N) is 1. The molecule has 0 fully saturated rings. The Morgan fingerprint density at radius 2 is 2.17 bits per heavy atom. The van der Waals surface area contributed by atoms with Crippen molar-refractivity contribution in [2.24, 2.45) is 4.99 Å². The second-order valence-electron chi connectivity index (χ2n) is 5.63. The number of nitrogens with zero attached hydrogens (tertiary/aromatic N) is 2. The number of likely N-dealkylation sites (N-methyl/N-ethyl adjacent to an activating group) is 1. The summed E-state index contributed by atoms with van der Waals surface area (Å²) in [5, 5.41) is 3.42. The van der Waals surface area contributed by atoms with Crippen LogP contribution in [0.1, 0.15) is 44.2 Å². The summed E-state index contributed by atoms with van der Waals surface area (Å²) < 4.78 is 5.18. The third kappa shape index (κ3) is 4.86. The van der Waals surface area contributed by atoms with Gasteiger partial charge in [0.25, 0.3) is 0 Å². The molecule has 126 valence electrons. The number of alkyl carbamates (subject to hydrolysis) is 1. The number of ether oxygens (including phenoxy) is 1. The minimum atomic E-state index is -0.452. The predicted octanol–water partition coefficient (Wildman–Crippen LogP) is 3.99. The predicted molar refractivity (Wildman–Crippen MR) is 92.9 cm³/mol. The number of hydrogen-bond donors (Lipinski definition) is 1. The van der Waals surface area contributed by atoms with Crippen LogP contribution in [0.3, 0.4) is 0 Å². The van der Waals surface area contributed by atoms with Gasteiger partial charge in [-0.05, 0) is 18.1 Å². The smallest absolute Gasteiger partial charge is 0.413 e. The lowest BCUT2D eigenvalue weighted by Crippen LogP contribution is -2.40. The number of rotatable bonds is 6. The molecule has 0 radical (unpaired) electrons. The summed E-state index contributed by atoms with van der Waals surface area (Å²) in [6.07, 6.45) is 3.86. The van der Waals surface area contributed by atoms with Crippen LogP contribution in [0, 0.1) is 0 Å². The zero-order valence-corrected chi connectivity index (χ0v) is 14.5. The van der Waals surface area contributed by atoms with Gasteiger partial charge in [0.05, 0.1) is 19.2 Å². The van der Waals surface area contributed by atoms with Gasteiger partial charge in [0, 0.05) is 12.1 Å². The molecule has 0 aromatic heterocycles. The van der Waals surface area contributed by atoms with Gasteiger partial charge in [-0.25, -0.2) is 4.79 Å². The maximum Gasteiger partial charge on any atom is 0.413 e. The number of guanidine groups is 1. The van der Waals surface area contributed by atoms with Crippen molar-refractivity contribution < 1.29 is 9.53 Å². The number of hydrogen-bond acceptors (Lipinski definition) is 4. The minimum absolute atomic E-state index is 0.0311. The molecule has 1 N–H and O–H groups in total. The van der Waals surface area contributed by atoms with Gasteiger partial charge < -0.3 is 9.64 Å². The molecule has 1 amide bonds. The SMILES string of the molecule is CCCCCCOC(=O)NC1=NCC(c2ccccc2Cl)N1C. The number of carbonyl (C=O) groups excluding carboxylic acids is 1. The molecule has 6 heteroatoms. The molecule has 0 saturated heterocycles. The van der Waals surface area contributed by atoms with Gasteiger partial charge in [-0.2, -0.15) is 0 Å². The first-order valence-electron chi connectivity index (χ1n) is 8.09. The molecule has 2 rings (SSSR count). The lowest BCUT2D eigenvalue weighted by atomic mass is 10.1. The van der Waals surface area contributed by atoms with E-state index in [1.807, 2.05) is 36.2 Å². The van der Waals surface area contributed by atoms with E-state index in [1.54, 1.807) is 0 Å². The standard InChI is InChI=1S/C17H24ClN3O2/c1-3-4-5-8-11-23-17(22)20-16-19-12-15(21(16)2)13-9-6-7-10-14(13)18/h6-7,9-10,15H,3-5,8,11-12H2,1-2H3,(H,19,20,22). The van der Waals surface area contributed by atoms with Gasteiger partial charge in [0.15, 0.2) is 0 Å². The maximum atomic E-state index is 11.8. The van der Waals surface area contributed by atoms with Gasteiger partial charge >= 0.3 is 6.09 Å². The van der Waals surface area contributed by atoms with Crippen LogP contribution in [-0.4, -0.2) is 37.2 Å². The summed E-state index contributed by atoms with van der Waals surface area (Å²) in [5.74, 6) is 0.522. The van der Waals surface area contributed by atoms with Gasteiger partial charge in [0.1, 0.15) is 0 Å². The molecule has 5 nitrogen and oxygen atoms in total. The summed E-state index contributed by atoms with van der Waals surface area (Å²) in [5.41, 5.74) is 1.00. The lowest BCUT2D eigenvalue weighted by molar-refractivity contribution is 0.148. The Kier molecular flexibility index (Phi) is 6.71. The van der Waals surface area contributed by atoms with Gasteiger partial charge in [-0.15, -0.1) is 0 Å². The highest BCUT2D eigenvalue weighted by Gasteiger charge is 2.28. The van der Waals surface area contributed by atoms with Crippen LogP contribution in [0.25, 0.3) is 0 Å². The van der Waals surface area contributed by atoms with E-state index in [4.69, 9.17) is 16.3 Å². The second kappa shape index (κ2) is 8.77.